The van der Waals surface area contributed by atoms with Crippen LogP contribution in [-0.2, 0) is 30.3 Å². The summed E-state index contributed by atoms with van der Waals surface area (Å²) in [5, 5.41) is 15.1. The third kappa shape index (κ3) is 6.18. The summed E-state index contributed by atoms with van der Waals surface area (Å²) < 4.78 is 30.1. The lowest BCUT2D eigenvalue weighted by Crippen LogP contribution is -2.71. The van der Waals surface area contributed by atoms with E-state index in [0.717, 1.165) is 5.56 Å². The van der Waals surface area contributed by atoms with Gasteiger partial charge in [-0.05, 0) is 55.2 Å². The molecule has 0 spiro atoms. The number of aliphatic hydroxyl groups is 1. The Kier molecular flexibility index (Phi) is 9.04. The molecular formula is C37H42N2O10. The van der Waals surface area contributed by atoms with Crippen LogP contribution in [0.25, 0.3) is 11.3 Å². The molecule has 2 aromatic heterocycles. The zero-order valence-corrected chi connectivity index (χ0v) is 28.3. The van der Waals surface area contributed by atoms with E-state index < -0.39 is 70.2 Å². The summed E-state index contributed by atoms with van der Waals surface area (Å²) in [6.07, 6.45) is 0.548. The second-order valence-corrected chi connectivity index (χ2v) is 14.1. The number of rotatable bonds is 7. The van der Waals surface area contributed by atoms with Crippen LogP contribution in [0.1, 0.15) is 71.1 Å². The van der Waals surface area contributed by atoms with E-state index in [1.54, 1.807) is 37.5 Å². The number of pyridine rings is 1. The SMILES string of the molecule is CC(=O)OC[C@@]1(C)[C@@H]2C[C@H](OC(=O)NCc3ccccc3)[C@@]3(C)Oc4cc(-c5cccnc5)oc(=O)c4[C@H](O)[C@@H]3[C@@]2(C)CC[C@@H]1OC(C)=O. The molecule has 49 heavy (non-hydrogen) atoms. The summed E-state index contributed by atoms with van der Waals surface area (Å²) in [7, 11) is 0. The van der Waals surface area contributed by atoms with Gasteiger partial charge >= 0.3 is 23.7 Å². The van der Waals surface area contributed by atoms with Crippen LogP contribution in [0.4, 0.5) is 4.79 Å². The van der Waals surface area contributed by atoms with Crippen LogP contribution in [-0.4, -0.2) is 52.5 Å². The molecule has 3 aliphatic rings. The van der Waals surface area contributed by atoms with Crippen molar-refractivity contribution in [2.24, 2.45) is 22.7 Å². The number of carbonyl (C=O) groups is 3. The highest BCUT2D eigenvalue weighted by Gasteiger charge is 2.71. The van der Waals surface area contributed by atoms with Gasteiger partial charge in [-0.1, -0.05) is 44.2 Å². The van der Waals surface area contributed by atoms with Gasteiger partial charge in [-0.15, -0.1) is 0 Å². The largest absolute Gasteiger partial charge is 0.482 e. The molecule has 260 valence electrons. The zero-order valence-electron chi connectivity index (χ0n) is 28.3. The zero-order chi connectivity index (χ0) is 35.1. The summed E-state index contributed by atoms with van der Waals surface area (Å²) in [5.74, 6) is -1.89. The van der Waals surface area contributed by atoms with E-state index in [9.17, 15) is 24.3 Å². The van der Waals surface area contributed by atoms with Crippen molar-refractivity contribution in [1.82, 2.24) is 10.3 Å². The van der Waals surface area contributed by atoms with Gasteiger partial charge in [-0.3, -0.25) is 14.6 Å². The molecule has 2 fully saturated rings. The molecule has 2 N–H and O–H groups in total. The third-order valence-electron chi connectivity index (χ3n) is 11.0. The van der Waals surface area contributed by atoms with Crippen molar-refractivity contribution in [2.45, 2.75) is 84.3 Å². The molecule has 2 saturated carbocycles. The van der Waals surface area contributed by atoms with Gasteiger partial charge in [0.05, 0.1) is 6.10 Å². The lowest BCUT2D eigenvalue weighted by atomic mass is 9.42. The van der Waals surface area contributed by atoms with Crippen molar-refractivity contribution < 1.29 is 42.9 Å². The van der Waals surface area contributed by atoms with Crippen LogP contribution in [0, 0.1) is 22.7 Å². The van der Waals surface area contributed by atoms with E-state index in [4.69, 9.17) is 23.4 Å². The van der Waals surface area contributed by atoms with Crippen LogP contribution >= 0.6 is 0 Å². The summed E-state index contributed by atoms with van der Waals surface area (Å²) in [6.45, 7) is 8.46. The molecule has 12 heteroatoms. The molecular weight excluding hydrogens is 632 g/mol. The van der Waals surface area contributed by atoms with E-state index in [-0.39, 0.29) is 36.6 Å². The number of alkyl carbamates (subject to hydrolysis) is 1. The van der Waals surface area contributed by atoms with Crippen LogP contribution in [0.3, 0.4) is 0 Å². The normalized spacial score (nSPS) is 31.5. The monoisotopic (exact) mass is 674 g/mol. The maximum absolute atomic E-state index is 13.6. The molecule has 0 radical (unpaired) electrons. The van der Waals surface area contributed by atoms with E-state index in [2.05, 4.69) is 10.3 Å². The first-order valence-electron chi connectivity index (χ1n) is 16.5. The fourth-order valence-corrected chi connectivity index (χ4v) is 8.78. The number of nitrogens with zero attached hydrogens (tertiary/aromatic N) is 1. The smallest absolute Gasteiger partial charge is 0.407 e. The highest BCUT2D eigenvalue weighted by atomic mass is 16.6. The molecule has 12 nitrogen and oxygen atoms in total. The van der Waals surface area contributed by atoms with Gasteiger partial charge in [0.15, 0.2) is 0 Å². The molecule has 0 saturated heterocycles. The maximum atomic E-state index is 13.6. The second kappa shape index (κ2) is 13.0. The van der Waals surface area contributed by atoms with Gasteiger partial charge < -0.3 is 33.8 Å². The van der Waals surface area contributed by atoms with Gasteiger partial charge in [0.2, 0.25) is 0 Å². The Hall–Kier alpha value is -4.71. The number of ether oxygens (including phenoxy) is 4. The number of carbonyl (C=O) groups excluding carboxylic acids is 3. The number of esters is 2. The highest BCUT2D eigenvalue weighted by Crippen LogP contribution is 2.67. The highest BCUT2D eigenvalue weighted by molar-refractivity contribution is 5.68. The fraction of sp³-hybridized carbons (Fsp3) is 0.486. The fourth-order valence-electron chi connectivity index (χ4n) is 8.78. The Morgan fingerprint density at radius 1 is 1.02 bits per heavy atom. The minimum Gasteiger partial charge on any atom is -0.482 e. The van der Waals surface area contributed by atoms with Crippen LogP contribution in [0.5, 0.6) is 5.75 Å². The van der Waals surface area contributed by atoms with Gasteiger partial charge in [-0.25, -0.2) is 9.59 Å². The first-order chi connectivity index (χ1) is 23.3. The van der Waals surface area contributed by atoms with E-state index in [1.807, 2.05) is 44.2 Å². The number of amides is 1. The number of hydrogen-bond acceptors (Lipinski definition) is 11. The molecule has 3 heterocycles. The Morgan fingerprint density at radius 3 is 2.45 bits per heavy atom. The lowest BCUT2D eigenvalue weighted by Gasteiger charge is -2.66. The maximum Gasteiger partial charge on any atom is 0.407 e. The molecule has 2 aliphatic carbocycles. The Bertz CT molecular complexity index is 1780. The first-order valence-corrected chi connectivity index (χ1v) is 16.5. The second-order valence-electron chi connectivity index (χ2n) is 14.1. The summed E-state index contributed by atoms with van der Waals surface area (Å²) in [6, 6.07) is 14.4. The van der Waals surface area contributed by atoms with Crippen molar-refractivity contribution >= 4 is 18.0 Å². The van der Waals surface area contributed by atoms with Crippen molar-refractivity contribution in [2.75, 3.05) is 6.61 Å². The standard InChI is InChI=1S/C37H42N2O10/c1-21(40)45-20-36(4)27-17-29(48-34(44)39-18-23-10-7-6-8-11-23)37(5)32(35(27,3)14-13-28(36)46-22(2)41)31(42)30-26(49-37)16-25(47-33(30)43)24-12-9-15-38-19-24/h6-12,15-16,19,27-29,31-32,42H,13-14,17-18,20H2,1-5H3,(H,39,44)/t27-,28+,29+,31+,32-,35+,36+,37-/m1/s1. The molecule has 3 aromatic rings. The number of nitrogens with one attached hydrogen (secondary N) is 1. The Balaban J connectivity index is 1.45. The van der Waals surface area contributed by atoms with Crippen LogP contribution < -0.4 is 15.7 Å². The van der Waals surface area contributed by atoms with Crippen molar-refractivity contribution in [1.29, 1.82) is 0 Å². The van der Waals surface area contributed by atoms with Gasteiger partial charge in [0.1, 0.15) is 41.5 Å². The van der Waals surface area contributed by atoms with Crippen molar-refractivity contribution in [3.8, 4) is 17.1 Å². The lowest BCUT2D eigenvalue weighted by molar-refractivity contribution is -0.266. The average molecular weight is 675 g/mol. The predicted molar refractivity (Wildman–Crippen MR) is 175 cm³/mol. The minimum absolute atomic E-state index is 0.0342. The van der Waals surface area contributed by atoms with Gasteiger partial charge in [-0.2, -0.15) is 0 Å². The summed E-state index contributed by atoms with van der Waals surface area (Å²) >= 11 is 0. The molecule has 8 atom stereocenters. The number of aliphatic hydroxyl groups excluding tert-OH is 1. The molecule has 6 rings (SSSR count). The number of benzene rings is 1. The number of fused-ring (bicyclic) bond motifs is 4. The molecule has 1 amide bonds. The van der Waals surface area contributed by atoms with Crippen molar-refractivity contribution in [3.05, 3.63) is 82.5 Å². The summed E-state index contributed by atoms with van der Waals surface area (Å²) in [4.78, 5) is 55.6. The minimum atomic E-state index is -1.39. The Morgan fingerprint density at radius 2 is 1.78 bits per heavy atom. The van der Waals surface area contributed by atoms with E-state index >= 15 is 0 Å². The van der Waals surface area contributed by atoms with E-state index in [1.165, 1.54) is 13.8 Å². The predicted octanol–water partition coefficient (Wildman–Crippen LogP) is 5.12. The van der Waals surface area contributed by atoms with Gasteiger partial charge in [0, 0.05) is 55.7 Å². The van der Waals surface area contributed by atoms with Crippen LogP contribution in [0.15, 0.2) is 70.1 Å². The van der Waals surface area contributed by atoms with Crippen LogP contribution in [0.2, 0.25) is 0 Å². The Labute approximate surface area is 284 Å². The van der Waals surface area contributed by atoms with E-state index in [0.29, 0.717) is 18.4 Å². The molecule has 1 aliphatic heterocycles. The first kappa shape index (κ1) is 34.2. The van der Waals surface area contributed by atoms with Crippen molar-refractivity contribution in [3.63, 3.8) is 0 Å². The topological polar surface area (TPSA) is 163 Å². The average Bonchev–Trinajstić information content (AvgIpc) is 3.05. The number of hydrogen-bond donors (Lipinski definition) is 2. The summed E-state index contributed by atoms with van der Waals surface area (Å²) in [5.41, 5.74) is -2.45. The molecule has 0 unspecified atom stereocenters. The quantitative estimate of drug-likeness (QED) is 0.253. The van der Waals surface area contributed by atoms with Gasteiger partial charge in [0.25, 0.3) is 0 Å². The molecule has 0 bridgehead atoms. The molecule has 1 aromatic carbocycles. The number of aromatic nitrogens is 1. The third-order valence-corrected chi connectivity index (χ3v) is 11.0.